The van der Waals surface area contributed by atoms with Crippen molar-refractivity contribution >= 4 is 37.5 Å². The lowest BCUT2D eigenvalue weighted by atomic mass is 10.1. The third-order valence-corrected chi connectivity index (χ3v) is 5.98. The average molecular weight is 489 g/mol. The van der Waals surface area contributed by atoms with Gasteiger partial charge in [-0.15, -0.1) is 0 Å². The second-order valence-electron chi connectivity index (χ2n) is 6.89. The Morgan fingerprint density at radius 3 is 2.40 bits per heavy atom. The predicted molar refractivity (Wildman–Crippen MR) is 120 cm³/mol. The van der Waals surface area contributed by atoms with Gasteiger partial charge in [-0.05, 0) is 61.4 Å². The van der Waals surface area contributed by atoms with Crippen molar-refractivity contribution in [2.75, 3.05) is 5.32 Å². The molecular formula is C22H21BrN2O4S. The van der Waals surface area contributed by atoms with E-state index >= 15 is 0 Å². The molecule has 3 rings (SSSR count). The zero-order valence-electron chi connectivity index (χ0n) is 16.5. The fourth-order valence-corrected chi connectivity index (χ4v) is 3.77. The van der Waals surface area contributed by atoms with Gasteiger partial charge in [0.05, 0.1) is 0 Å². The van der Waals surface area contributed by atoms with E-state index in [1.165, 1.54) is 18.2 Å². The number of nitrogens with two attached hydrogens (primary N) is 1. The van der Waals surface area contributed by atoms with Crippen LogP contribution in [0.15, 0.2) is 70.0 Å². The van der Waals surface area contributed by atoms with Crippen LogP contribution in [-0.2, 0) is 16.6 Å². The minimum absolute atomic E-state index is 0.0759. The summed E-state index contributed by atoms with van der Waals surface area (Å²) >= 11 is 3.33. The summed E-state index contributed by atoms with van der Waals surface area (Å²) in [5.41, 5.74) is 3.89. The molecule has 0 spiro atoms. The van der Waals surface area contributed by atoms with Crippen LogP contribution in [0.4, 0.5) is 5.69 Å². The van der Waals surface area contributed by atoms with Crippen molar-refractivity contribution < 1.29 is 17.9 Å². The molecule has 8 heteroatoms. The number of carbonyl (C=O) groups excluding carboxylic acids is 1. The van der Waals surface area contributed by atoms with E-state index < -0.39 is 10.0 Å². The van der Waals surface area contributed by atoms with Gasteiger partial charge in [-0.3, -0.25) is 4.79 Å². The monoisotopic (exact) mass is 488 g/mol. The summed E-state index contributed by atoms with van der Waals surface area (Å²) < 4.78 is 30.6. The average Bonchev–Trinajstić information content (AvgIpc) is 2.68. The molecule has 0 bridgehead atoms. The van der Waals surface area contributed by atoms with Gasteiger partial charge in [-0.2, -0.15) is 0 Å². The Labute approximate surface area is 184 Å². The highest BCUT2D eigenvalue weighted by molar-refractivity contribution is 9.10. The fraction of sp³-hybridized carbons (Fsp3) is 0.136. The molecule has 0 fully saturated rings. The van der Waals surface area contributed by atoms with Crippen LogP contribution in [0, 0.1) is 13.8 Å². The third kappa shape index (κ3) is 5.47. The minimum atomic E-state index is -4.00. The summed E-state index contributed by atoms with van der Waals surface area (Å²) in [4.78, 5) is 12.3. The first-order valence-electron chi connectivity index (χ1n) is 9.06. The topological polar surface area (TPSA) is 98.5 Å². The molecule has 30 heavy (non-hydrogen) atoms. The van der Waals surface area contributed by atoms with Gasteiger partial charge in [0.2, 0.25) is 10.0 Å². The lowest BCUT2D eigenvalue weighted by Crippen LogP contribution is -2.15. The number of nitrogens with one attached hydrogen (secondary N) is 1. The van der Waals surface area contributed by atoms with Crippen LogP contribution in [0.2, 0.25) is 0 Å². The van der Waals surface area contributed by atoms with Gasteiger partial charge in [0.15, 0.2) is 0 Å². The molecule has 0 atom stereocenters. The summed E-state index contributed by atoms with van der Waals surface area (Å²) in [5, 5.41) is 8.08. The minimum Gasteiger partial charge on any atom is -0.487 e. The highest BCUT2D eigenvalue weighted by atomic mass is 79.9. The van der Waals surface area contributed by atoms with Crippen molar-refractivity contribution in [3.63, 3.8) is 0 Å². The largest absolute Gasteiger partial charge is 0.487 e. The zero-order chi connectivity index (χ0) is 21.9. The van der Waals surface area contributed by atoms with Gasteiger partial charge in [0.1, 0.15) is 17.3 Å². The van der Waals surface area contributed by atoms with Crippen LogP contribution in [0.3, 0.4) is 0 Å². The van der Waals surface area contributed by atoms with Gasteiger partial charge in [-0.1, -0.05) is 39.7 Å². The number of sulfonamides is 1. The van der Waals surface area contributed by atoms with E-state index in [2.05, 4.69) is 21.2 Å². The maximum atomic E-state index is 12.5. The van der Waals surface area contributed by atoms with Gasteiger partial charge in [-0.25, -0.2) is 13.6 Å². The molecule has 6 nitrogen and oxygen atoms in total. The zero-order valence-corrected chi connectivity index (χ0v) is 18.9. The summed E-state index contributed by atoms with van der Waals surface area (Å²) in [6.45, 7) is 4.09. The molecular weight excluding hydrogens is 468 g/mol. The van der Waals surface area contributed by atoms with Gasteiger partial charge in [0.25, 0.3) is 5.91 Å². The van der Waals surface area contributed by atoms with Crippen LogP contribution < -0.4 is 15.2 Å². The molecule has 156 valence electrons. The van der Waals surface area contributed by atoms with Crippen molar-refractivity contribution in [1.29, 1.82) is 0 Å². The van der Waals surface area contributed by atoms with Crippen molar-refractivity contribution in [2.45, 2.75) is 25.3 Å². The molecule has 3 aromatic rings. The molecule has 0 unspecified atom stereocenters. The van der Waals surface area contributed by atoms with Crippen LogP contribution in [-0.4, -0.2) is 14.3 Å². The maximum absolute atomic E-state index is 12.5. The summed E-state index contributed by atoms with van der Waals surface area (Å²) in [5.74, 6) is -0.252. The lowest BCUT2D eigenvalue weighted by Gasteiger charge is -2.14. The molecule has 0 saturated carbocycles. The number of benzene rings is 3. The highest BCUT2D eigenvalue weighted by Crippen LogP contribution is 2.28. The van der Waals surface area contributed by atoms with E-state index in [1.54, 1.807) is 24.3 Å². The summed E-state index contributed by atoms with van der Waals surface area (Å²) in [6, 6.07) is 17.1. The molecule has 0 saturated heterocycles. The highest BCUT2D eigenvalue weighted by Gasteiger charge is 2.17. The van der Waals surface area contributed by atoms with Crippen LogP contribution >= 0.6 is 15.9 Å². The molecule has 0 heterocycles. The Balaban J connectivity index is 1.87. The SMILES string of the molecule is Cc1ccc(C)c(COc2cc(NC(=O)c3ccc(Br)cc3)ccc2S(N)(=O)=O)c1. The van der Waals surface area contributed by atoms with Crippen molar-refractivity contribution in [3.8, 4) is 5.75 Å². The number of rotatable bonds is 6. The smallest absolute Gasteiger partial charge is 0.255 e. The van der Waals surface area contributed by atoms with E-state index in [9.17, 15) is 13.2 Å². The van der Waals surface area contributed by atoms with E-state index in [1.807, 2.05) is 32.0 Å². The Kier molecular flexibility index (Phi) is 6.60. The van der Waals surface area contributed by atoms with Gasteiger partial charge < -0.3 is 10.1 Å². The van der Waals surface area contributed by atoms with E-state index in [0.29, 0.717) is 11.3 Å². The Morgan fingerprint density at radius 1 is 1.03 bits per heavy atom. The molecule has 0 aliphatic rings. The van der Waals surface area contributed by atoms with E-state index in [-0.39, 0.29) is 23.2 Å². The van der Waals surface area contributed by atoms with Crippen molar-refractivity contribution in [2.24, 2.45) is 5.14 Å². The number of carbonyl (C=O) groups is 1. The molecule has 0 aliphatic carbocycles. The second kappa shape index (κ2) is 8.99. The van der Waals surface area contributed by atoms with E-state index in [4.69, 9.17) is 9.88 Å². The number of amides is 1. The first-order valence-corrected chi connectivity index (χ1v) is 11.4. The molecule has 1 amide bonds. The molecule has 0 aromatic heterocycles. The number of hydrogen-bond acceptors (Lipinski definition) is 4. The quantitative estimate of drug-likeness (QED) is 0.531. The first kappa shape index (κ1) is 22.0. The number of aryl methyl sites for hydroxylation is 2. The van der Waals surface area contributed by atoms with Crippen molar-refractivity contribution in [1.82, 2.24) is 0 Å². The molecule has 3 N–H and O–H groups in total. The normalized spacial score (nSPS) is 11.2. The van der Waals surface area contributed by atoms with Crippen LogP contribution in [0.25, 0.3) is 0 Å². The standard InChI is InChI=1S/C22H21BrN2O4S/c1-14-3-4-15(2)17(11-14)13-29-20-12-19(9-10-21(20)30(24,27)28)25-22(26)16-5-7-18(23)8-6-16/h3-12H,13H2,1-2H3,(H,25,26)(H2,24,27,28). The Hall–Kier alpha value is -2.68. The molecule has 0 aliphatic heterocycles. The fourth-order valence-electron chi connectivity index (χ4n) is 2.85. The van der Waals surface area contributed by atoms with Gasteiger partial charge >= 0.3 is 0 Å². The first-order chi connectivity index (χ1) is 14.1. The number of ether oxygens (including phenoxy) is 1. The Bertz CT molecular complexity index is 1190. The number of halogens is 1. The summed E-state index contributed by atoms with van der Waals surface area (Å²) in [6.07, 6.45) is 0. The number of anilines is 1. The Morgan fingerprint density at radius 2 is 1.73 bits per heavy atom. The van der Waals surface area contributed by atoms with Crippen LogP contribution in [0.1, 0.15) is 27.0 Å². The van der Waals surface area contributed by atoms with Crippen molar-refractivity contribution in [3.05, 3.63) is 87.4 Å². The van der Waals surface area contributed by atoms with Gasteiger partial charge in [0, 0.05) is 21.8 Å². The molecule has 0 radical (unpaired) electrons. The predicted octanol–water partition coefficient (Wildman–Crippen LogP) is 4.54. The van der Waals surface area contributed by atoms with E-state index in [0.717, 1.165) is 21.2 Å². The number of primary sulfonamides is 1. The number of hydrogen-bond donors (Lipinski definition) is 2. The second-order valence-corrected chi connectivity index (χ2v) is 9.33. The third-order valence-electron chi connectivity index (χ3n) is 4.50. The van der Waals surface area contributed by atoms with Crippen LogP contribution in [0.5, 0.6) is 5.75 Å². The maximum Gasteiger partial charge on any atom is 0.255 e. The lowest BCUT2D eigenvalue weighted by molar-refractivity contribution is 0.102. The molecule has 3 aromatic carbocycles. The summed E-state index contributed by atoms with van der Waals surface area (Å²) in [7, 11) is -4.00.